The fraction of sp³-hybridized carbons (Fsp3) is 0.786. The molecular weight excluding hydrogens is 244 g/mol. The van der Waals surface area contributed by atoms with Crippen molar-refractivity contribution in [2.45, 2.75) is 51.4 Å². The van der Waals surface area contributed by atoms with Gasteiger partial charge in [-0.2, -0.15) is 0 Å². The summed E-state index contributed by atoms with van der Waals surface area (Å²) < 4.78 is 6.38. The Kier molecular flexibility index (Phi) is 3.33. The number of rotatable bonds is 3. The molecule has 2 rings (SSSR count). The van der Waals surface area contributed by atoms with E-state index in [1.807, 2.05) is 6.08 Å². The highest BCUT2D eigenvalue weighted by Crippen LogP contribution is 2.50. The molecule has 0 aromatic heterocycles. The normalized spacial score (nSPS) is 32.0. The molecule has 0 unspecified atom stereocenters. The van der Waals surface area contributed by atoms with Crippen LogP contribution in [0.25, 0.3) is 0 Å². The van der Waals surface area contributed by atoms with E-state index in [1.165, 1.54) is 0 Å². The van der Waals surface area contributed by atoms with Crippen LogP contribution in [-0.4, -0.2) is 31.9 Å². The van der Waals surface area contributed by atoms with Crippen LogP contribution >= 0.6 is 0 Å². The zero-order chi connectivity index (χ0) is 13.7. The number of hydrogen-bond acceptors (Lipinski definition) is 3. The molecule has 0 amide bonds. The molecule has 0 bridgehead atoms. The summed E-state index contributed by atoms with van der Waals surface area (Å²) in [5, 5.41) is 9.41. The maximum absolute atomic E-state index is 11.8. The average Bonchev–Trinajstić information content (AvgIpc) is 3.00. The van der Waals surface area contributed by atoms with E-state index < -0.39 is 8.32 Å². The van der Waals surface area contributed by atoms with E-state index in [0.29, 0.717) is 11.5 Å². The molecule has 18 heavy (non-hydrogen) atoms. The molecule has 0 aromatic rings. The van der Waals surface area contributed by atoms with E-state index in [9.17, 15) is 9.90 Å². The Morgan fingerprint density at radius 2 is 2.06 bits per heavy atom. The molecule has 2 aliphatic rings. The summed E-state index contributed by atoms with van der Waals surface area (Å²) in [6.45, 7) is 11.0. The van der Waals surface area contributed by atoms with Gasteiger partial charge in [0.15, 0.2) is 14.1 Å². The fourth-order valence-electron chi connectivity index (χ4n) is 2.29. The minimum Gasteiger partial charge on any atom is -0.410 e. The van der Waals surface area contributed by atoms with Gasteiger partial charge in [-0.05, 0) is 36.5 Å². The van der Waals surface area contributed by atoms with Crippen molar-refractivity contribution in [3.8, 4) is 0 Å². The van der Waals surface area contributed by atoms with Crippen molar-refractivity contribution in [3.05, 3.63) is 11.6 Å². The van der Waals surface area contributed by atoms with Gasteiger partial charge in [-0.1, -0.05) is 20.8 Å². The van der Waals surface area contributed by atoms with Crippen LogP contribution in [-0.2, 0) is 9.22 Å². The van der Waals surface area contributed by atoms with Gasteiger partial charge in [-0.25, -0.2) is 0 Å². The molecule has 0 aliphatic heterocycles. The predicted molar refractivity (Wildman–Crippen MR) is 73.8 cm³/mol. The Bertz CT molecular complexity index is 392. The van der Waals surface area contributed by atoms with Crippen LogP contribution in [0.5, 0.6) is 0 Å². The van der Waals surface area contributed by atoms with Gasteiger partial charge in [0.05, 0.1) is 12.7 Å². The first-order valence-corrected chi connectivity index (χ1v) is 9.62. The summed E-state index contributed by atoms with van der Waals surface area (Å²) in [6.07, 6.45) is 2.84. The molecule has 0 radical (unpaired) electrons. The quantitative estimate of drug-likeness (QED) is 0.800. The first-order chi connectivity index (χ1) is 8.17. The van der Waals surface area contributed by atoms with Crippen LogP contribution in [0.1, 0.15) is 27.2 Å². The van der Waals surface area contributed by atoms with E-state index >= 15 is 0 Å². The molecule has 0 aromatic carbocycles. The van der Waals surface area contributed by atoms with Crippen molar-refractivity contribution >= 4 is 14.1 Å². The van der Waals surface area contributed by atoms with Crippen LogP contribution in [0, 0.1) is 11.8 Å². The lowest BCUT2D eigenvalue weighted by molar-refractivity contribution is -0.118. The number of carbonyl (C=O) groups is 1. The van der Waals surface area contributed by atoms with Gasteiger partial charge in [-0.3, -0.25) is 4.79 Å². The Balaban J connectivity index is 2.16. The highest BCUT2D eigenvalue weighted by atomic mass is 28.4. The third kappa shape index (κ3) is 2.33. The molecule has 3 atom stereocenters. The number of fused-ring (bicyclic) bond motifs is 1. The zero-order valence-electron chi connectivity index (χ0n) is 12.0. The average molecular weight is 268 g/mol. The molecule has 2 aliphatic carbocycles. The second-order valence-corrected chi connectivity index (χ2v) is 11.8. The van der Waals surface area contributed by atoms with Crippen molar-refractivity contribution < 1.29 is 14.3 Å². The first-order valence-electron chi connectivity index (χ1n) is 6.71. The maximum Gasteiger partial charge on any atom is 0.192 e. The van der Waals surface area contributed by atoms with Gasteiger partial charge < -0.3 is 9.53 Å². The van der Waals surface area contributed by atoms with Crippen LogP contribution < -0.4 is 0 Å². The van der Waals surface area contributed by atoms with Crippen molar-refractivity contribution in [2.24, 2.45) is 11.8 Å². The number of aliphatic hydroxyl groups excluding tert-OH is 1. The lowest BCUT2D eigenvalue weighted by Gasteiger charge is -2.39. The van der Waals surface area contributed by atoms with Crippen molar-refractivity contribution in [1.29, 1.82) is 0 Å². The smallest absolute Gasteiger partial charge is 0.192 e. The zero-order valence-corrected chi connectivity index (χ0v) is 13.0. The van der Waals surface area contributed by atoms with Crippen LogP contribution in [0.15, 0.2) is 11.6 Å². The number of carbonyl (C=O) groups excluding carboxylic acids is 1. The molecule has 1 fully saturated rings. The van der Waals surface area contributed by atoms with Gasteiger partial charge in [0.2, 0.25) is 0 Å². The standard InChI is InChI=1S/C14H24O3Si/c1-14(2,3)18(4,5)17-12-6-9(8-15)13(16)11-7-10(11)12/h6,10-12,15H,7-8H2,1-5H3/t10-,11+,12+/m1/s1. The lowest BCUT2D eigenvalue weighted by atomic mass is 9.97. The van der Waals surface area contributed by atoms with Crippen LogP contribution in [0.4, 0.5) is 0 Å². The second kappa shape index (κ2) is 4.29. The van der Waals surface area contributed by atoms with Gasteiger partial charge in [0.25, 0.3) is 0 Å². The molecule has 3 nitrogen and oxygen atoms in total. The molecular formula is C14H24O3Si. The summed E-state index contributed by atoms with van der Waals surface area (Å²) in [4.78, 5) is 11.8. The third-order valence-corrected chi connectivity index (χ3v) is 9.16. The number of Topliss-reactive ketones (excluding diaryl/α,β-unsaturated/α-hetero) is 1. The predicted octanol–water partition coefficient (Wildman–Crippen LogP) is 2.51. The SMILES string of the molecule is CC(C)(C)[Si](C)(C)O[C@H]1C=C(CO)C(=O)[C@H]2C[C@@H]12. The largest absolute Gasteiger partial charge is 0.410 e. The summed E-state index contributed by atoms with van der Waals surface area (Å²) >= 11 is 0. The van der Waals surface area contributed by atoms with Crippen LogP contribution in [0.3, 0.4) is 0 Å². The van der Waals surface area contributed by atoms with Gasteiger partial charge in [-0.15, -0.1) is 0 Å². The molecule has 102 valence electrons. The minimum atomic E-state index is -1.81. The summed E-state index contributed by atoms with van der Waals surface area (Å²) in [7, 11) is -1.81. The minimum absolute atomic E-state index is 0.0377. The topological polar surface area (TPSA) is 46.5 Å². The van der Waals surface area contributed by atoms with Gasteiger partial charge in [0, 0.05) is 11.5 Å². The van der Waals surface area contributed by atoms with Crippen molar-refractivity contribution in [3.63, 3.8) is 0 Å². The Labute approximate surface area is 110 Å². The van der Waals surface area contributed by atoms with E-state index in [-0.39, 0.29) is 29.5 Å². The molecule has 1 N–H and O–H groups in total. The fourth-order valence-corrected chi connectivity index (χ4v) is 3.57. The third-order valence-electron chi connectivity index (χ3n) is 4.69. The number of aliphatic hydroxyl groups is 1. The highest BCUT2D eigenvalue weighted by molar-refractivity contribution is 6.74. The van der Waals surface area contributed by atoms with Gasteiger partial charge >= 0.3 is 0 Å². The summed E-state index contributed by atoms with van der Waals surface area (Å²) in [5.41, 5.74) is 0.553. The van der Waals surface area contributed by atoms with Crippen molar-refractivity contribution in [1.82, 2.24) is 0 Å². The molecule has 0 heterocycles. The van der Waals surface area contributed by atoms with E-state index in [4.69, 9.17) is 4.43 Å². The van der Waals surface area contributed by atoms with E-state index in [0.717, 1.165) is 6.42 Å². The first kappa shape index (κ1) is 14.0. The number of hydrogen-bond donors (Lipinski definition) is 1. The summed E-state index contributed by atoms with van der Waals surface area (Å²) in [6, 6.07) is 0. The second-order valence-electron chi connectivity index (χ2n) is 7.06. The molecule has 0 spiro atoms. The molecule has 4 heteroatoms. The van der Waals surface area contributed by atoms with Gasteiger partial charge in [0.1, 0.15) is 0 Å². The monoisotopic (exact) mass is 268 g/mol. The number of ketones is 1. The van der Waals surface area contributed by atoms with Crippen LogP contribution in [0.2, 0.25) is 18.1 Å². The van der Waals surface area contributed by atoms with E-state index in [2.05, 4.69) is 33.9 Å². The Hall–Kier alpha value is -0.453. The van der Waals surface area contributed by atoms with E-state index in [1.54, 1.807) is 0 Å². The Morgan fingerprint density at radius 3 is 2.56 bits per heavy atom. The molecule has 1 saturated carbocycles. The maximum atomic E-state index is 11.8. The Morgan fingerprint density at radius 1 is 1.44 bits per heavy atom. The molecule has 0 saturated heterocycles. The highest BCUT2D eigenvalue weighted by Gasteiger charge is 2.53. The lowest BCUT2D eigenvalue weighted by Crippen LogP contribution is -2.45. The van der Waals surface area contributed by atoms with Crippen molar-refractivity contribution in [2.75, 3.05) is 6.61 Å². The summed E-state index contributed by atoms with van der Waals surface area (Å²) in [5.74, 6) is 0.617.